The number of halogens is 4. The Labute approximate surface area is 116 Å². The van der Waals surface area contributed by atoms with Crippen LogP contribution < -0.4 is 5.32 Å². The zero-order valence-corrected chi connectivity index (χ0v) is 11.4. The summed E-state index contributed by atoms with van der Waals surface area (Å²) in [5, 5.41) is 2.96. The zero-order valence-electron chi connectivity index (χ0n) is 11.4. The van der Waals surface area contributed by atoms with Crippen molar-refractivity contribution in [3.8, 4) is 0 Å². The number of nitrogens with one attached hydrogen (secondary N) is 1. The van der Waals surface area contributed by atoms with Crippen LogP contribution in [-0.2, 0) is 6.18 Å². The van der Waals surface area contributed by atoms with Crippen molar-refractivity contribution < 1.29 is 17.6 Å². The third kappa shape index (κ3) is 3.32. The minimum Gasteiger partial charge on any atom is -0.313 e. The fraction of sp³-hybridized carbons (Fsp3) is 0.600. The van der Waals surface area contributed by atoms with E-state index in [2.05, 4.69) is 5.32 Å². The first kappa shape index (κ1) is 15.3. The molecule has 1 nitrogen and oxygen atoms in total. The van der Waals surface area contributed by atoms with Gasteiger partial charge in [0.2, 0.25) is 0 Å². The van der Waals surface area contributed by atoms with Gasteiger partial charge in [-0.25, -0.2) is 4.39 Å². The highest BCUT2D eigenvalue weighted by Crippen LogP contribution is 2.37. The van der Waals surface area contributed by atoms with Gasteiger partial charge < -0.3 is 5.32 Å². The van der Waals surface area contributed by atoms with Gasteiger partial charge in [-0.1, -0.05) is 37.8 Å². The molecule has 2 rings (SSSR count). The molecule has 0 aliphatic heterocycles. The molecule has 1 aromatic carbocycles. The summed E-state index contributed by atoms with van der Waals surface area (Å²) >= 11 is 0. The van der Waals surface area contributed by atoms with Crippen molar-refractivity contribution in [2.75, 3.05) is 7.05 Å². The molecule has 1 N–H and O–H groups in total. The summed E-state index contributed by atoms with van der Waals surface area (Å²) in [5.74, 6) is -0.668. The molecule has 0 amide bonds. The van der Waals surface area contributed by atoms with Gasteiger partial charge >= 0.3 is 6.18 Å². The number of rotatable bonds is 4. The third-order valence-electron chi connectivity index (χ3n) is 4.10. The summed E-state index contributed by atoms with van der Waals surface area (Å²) < 4.78 is 52.3. The molecule has 1 atom stereocenters. The van der Waals surface area contributed by atoms with Gasteiger partial charge in [0.25, 0.3) is 0 Å². The minimum absolute atomic E-state index is 0.120. The lowest BCUT2D eigenvalue weighted by Gasteiger charge is -2.22. The fourth-order valence-corrected chi connectivity index (χ4v) is 3.02. The molecule has 1 unspecified atom stereocenters. The average molecular weight is 289 g/mol. The molecular weight excluding hydrogens is 270 g/mol. The first-order valence-electron chi connectivity index (χ1n) is 6.96. The van der Waals surface area contributed by atoms with Crippen LogP contribution in [0.4, 0.5) is 17.6 Å². The van der Waals surface area contributed by atoms with Crippen molar-refractivity contribution in [1.82, 2.24) is 5.32 Å². The largest absolute Gasteiger partial charge is 0.419 e. The molecule has 0 bridgehead atoms. The second kappa shape index (κ2) is 6.12. The molecule has 0 saturated heterocycles. The van der Waals surface area contributed by atoms with Gasteiger partial charge in [0, 0.05) is 11.6 Å². The molecule has 112 valence electrons. The number of alkyl halides is 3. The van der Waals surface area contributed by atoms with E-state index in [0.29, 0.717) is 12.3 Å². The van der Waals surface area contributed by atoms with Crippen molar-refractivity contribution >= 4 is 0 Å². The Hall–Kier alpha value is -1.10. The van der Waals surface area contributed by atoms with E-state index in [1.54, 1.807) is 7.05 Å². The second-order valence-corrected chi connectivity index (χ2v) is 5.43. The zero-order chi connectivity index (χ0) is 14.8. The Bertz CT molecular complexity index is 450. The predicted octanol–water partition coefficient (Wildman–Crippen LogP) is 4.69. The van der Waals surface area contributed by atoms with Crippen molar-refractivity contribution in [1.29, 1.82) is 0 Å². The lowest BCUT2D eigenvalue weighted by molar-refractivity contribution is -0.140. The molecule has 1 fully saturated rings. The van der Waals surface area contributed by atoms with E-state index >= 15 is 0 Å². The van der Waals surface area contributed by atoms with E-state index in [-0.39, 0.29) is 11.6 Å². The Morgan fingerprint density at radius 1 is 1.25 bits per heavy atom. The highest BCUT2D eigenvalue weighted by Gasteiger charge is 2.35. The monoisotopic (exact) mass is 289 g/mol. The van der Waals surface area contributed by atoms with E-state index in [0.717, 1.165) is 31.7 Å². The average Bonchev–Trinajstić information content (AvgIpc) is 2.88. The summed E-state index contributed by atoms with van der Waals surface area (Å²) in [7, 11) is 1.67. The van der Waals surface area contributed by atoms with Crippen molar-refractivity contribution in [3.63, 3.8) is 0 Å². The van der Waals surface area contributed by atoms with Crippen LogP contribution in [0, 0.1) is 11.7 Å². The van der Waals surface area contributed by atoms with Gasteiger partial charge in [-0.15, -0.1) is 0 Å². The number of benzene rings is 1. The maximum absolute atomic E-state index is 14.1. The molecule has 0 heterocycles. The van der Waals surface area contributed by atoms with Gasteiger partial charge in [0.1, 0.15) is 5.82 Å². The number of hydrogen-bond donors (Lipinski definition) is 1. The highest BCUT2D eigenvalue weighted by atomic mass is 19.4. The summed E-state index contributed by atoms with van der Waals surface area (Å²) in [6.07, 6.45) is 0.524. The smallest absolute Gasteiger partial charge is 0.313 e. The Balaban J connectivity index is 2.25. The lowest BCUT2D eigenvalue weighted by Crippen LogP contribution is -2.22. The van der Waals surface area contributed by atoms with Crippen LogP contribution >= 0.6 is 0 Å². The molecule has 1 aliphatic carbocycles. The first-order chi connectivity index (χ1) is 9.43. The topological polar surface area (TPSA) is 12.0 Å². The maximum atomic E-state index is 14.1. The van der Waals surface area contributed by atoms with E-state index in [4.69, 9.17) is 0 Å². The quantitative estimate of drug-likeness (QED) is 0.793. The van der Waals surface area contributed by atoms with Crippen LogP contribution in [0.1, 0.15) is 49.3 Å². The van der Waals surface area contributed by atoms with E-state index in [1.165, 1.54) is 12.1 Å². The normalized spacial score (nSPS) is 18.4. The Morgan fingerprint density at radius 2 is 1.90 bits per heavy atom. The number of hydrogen-bond acceptors (Lipinski definition) is 1. The lowest BCUT2D eigenvalue weighted by atomic mass is 9.92. The summed E-state index contributed by atoms with van der Waals surface area (Å²) in [6.45, 7) is 0. The highest BCUT2D eigenvalue weighted by molar-refractivity contribution is 5.30. The Morgan fingerprint density at radius 3 is 2.45 bits per heavy atom. The van der Waals surface area contributed by atoms with Gasteiger partial charge in [0.15, 0.2) is 0 Å². The van der Waals surface area contributed by atoms with E-state index in [1.807, 2.05) is 0 Å². The molecule has 0 spiro atoms. The van der Waals surface area contributed by atoms with Crippen molar-refractivity contribution in [2.45, 2.75) is 44.3 Å². The molecule has 1 aromatic rings. The second-order valence-electron chi connectivity index (χ2n) is 5.43. The van der Waals surface area contributed by atoms with Crippen molar-refractivity contribution in [2.24, 2.45) is 5.92 Å². The molecule has 20 heavy (non-hydrogen) atoms. The standard InChI is InChI=1S/C15H19F4N/c1-20-13(9-10-5-2-3-6-10)11-7-4-8-12(14(11)16)15(17,18)19/h4,7-8,10,13,20H,2-3,5-6,9H2,1H3. The molecule has 5 heteroatoms. The molecule has 0 radical (unpaired) electrons. The molecule has 0 aromatic heterocycles. The van der Waals surface area contributed by atoms with Crippen LogP contribution in [0.3, 0.4) is 0 Å². The predicted molar refractivity (Wildman–Crippen MR) is 69.8 cm³/mol. The minimum atomic E-state index is -4.65. The van der Waals surface area contributed by atoms with E-state index in [9.17, 15) is 17.6 Å². The van der Waals surface area contributed by atoms with Crippen LogP contribution in [0.2, 0.25) is 0 Å². The maximum Gasteiger partial charge on any atom is 0.419 e. The van der Waals surface area contributed by atoms with Crippen LogP contribution in [-0.4, -0.2) is 7.05 Å². The van der Waals surface area contributed by atoms with Gasteiger partial charge in [0.05, 0.1) is 5.56 Å². The van der Waals surface area contributed by atoms with Crippen molar-refractivity contribution in [3.05, 3.63) is 35.1 Å². The Kier molecular flexibility index (Phi) is 4.68. The SMILES string of the molecule is CNC(CC1CCCC1)c1cccc(C(F)(F)F)c1F. The van der Waals surface area contributed by atoms with E-state index < -0.39 is 17.6 Å². The van der Waals surface area contributed by atoms with Crippen LogP contribution in [0.15, 0.2) is 18.2 Å². The first-order valence-corrected chi connectivity index (χ1v) is 6.96. The van der Waals surface area contributed by atoms with Gasteiger partial charge in [-0.2, -0.15) is 13.2 Å². The summed E-state index contributed by atoms with van der Waals surface area (Å²) in [4.78, 5) is 0. The van der Waals surface area contributed by atoms with Crippen LogP contribution in [0.25, 0.3) is 0 Å². The van der Waals surface area contributed by atoms with Gasteiger partial charge in [-0.05, 0) is 25.5 Å². The molecular formula is C15H19F4N. The summed E-state index contributed by atoms with van der Waals surface area (Å²) in [6, 6.07) is 3.16. The van der Waals surface area contributed by atoms with Crippen LogP contribution in [0.5, 0.6) is 0 Å². The summed E-state index contributed by atoms with van der Waals surface area (Å²) in [5.41, 5.74) is -1.06. The third-order valence-corrected chi connectivity index (χ3v) is 4.10. The van der Waals surface area contributed by atoms with Gasteiger partial charge in [-0.3, -0.25) is 0 Å². The fourth-order valence-electron chi connectivity index (χ4n) is 3.02. The molecule has 1 saturated carbocycles. The molecule has 1 aliphatic rings.